The summed E-state index contributed by atoms with van der Waals surface area (Å²) in [4.78, 5) is 13.4. The van der Waals surface area contributed by atoms with Gasteiger partial charge in [0.2, 0.25) is 5.91 Å². The molecular formula is C12H14N6O. The van der Waals surface area contributed by atoms with E-state index in [0.29, 0.717) is 13.0 Å². The molecule has 98 valence electrons. The molecule has 19 heavy (non-hydrogen) atoms. The summed E-state index contributed by atoms with van der Waals surface area (Å²) in [6, 6.07) is 7.85. The third kappa shape index (κ3) is 2.45. The second-order valence-electron chi connectivity index (χ2n) is 4.50. The number of amides is 1. The van der Waals surface area contributed by atoms with Crippen molar-refractivity contribution in [1.82, 2.24) is 25.5 Å². The predicted octanol–water partition coefficient (Wildman–Crippen LogP) is -0.137. The molecule has 1 aliphatic heterocycles. The van der Waals surface area contributed by atoms with E-state index >= 15 is 0 Å². The number of anilines is 1. The third-order valence-corrected chi connectivity index (χ3v) is 3.14. The maximum atomic E-state index is 12.1. The molecular weight excluding hydrogens is 244 g/mol. The number of aryl methyl sites for hydroxylation is 1. The van der Waals surface area contributed by atoms with Crippen LogP contribution in [0.2, 0.25) is 0 Å². The standard InChI is InChI=1S/C12H14N6O/c1-18-16-12(15-17-18)14-11(19)10-6-8-4-2-3-5-9(8)7-13-10/h2-5,10,13H,6-7H2,1H3,(H,14,16,19)/t10-/m1/s1. The van der Waals surface area contributed by atoms with Crippen molar-refractivity contribution in [2.75, 3.05) is 5.32 Å². The van der Waals surface area contributed by atoms with Gasteiger partial charge in [0.15, 0.2) is 0 Å². The predicted molar refractivity (Wildman–Crippen MR) is 68.2 cm³/mol. The molecule has 0 aliphatic carbocycles. The summed E-state index contributed by atoms with van der Waals surface area (Å²) in [5, 5.41) is 17.2. The van der Waals surface area contributed by atoms with Gasteiger partial charge in [0.1, 0.15) is 0 Å². The Morgan fingerprint density at radius 2 is 2.21 bits per heavy atom. The van der Waals surface area contributed by atoms with E-state index in [-0.39, 0.29) is 17.9 Å². The quantitative estimate of drug-likeness (QED) is 0.783. The molecule has 7 nitrogen and oxygen atoms in total. The van der Waals surface area contributed by atoms with Crippen molar-refractivity contribution in [1.29, 1.82) is 0 Å². The molecule has 7 heteroatoms. The summed E-state index contributed by atoms with van der Waals surface area (Å²) in [6.07, 6.45) is 0.669. The molecule has 1 amide bonds. The molecule has 3 rings (SSSR count). The van der Waals surface area contributed by atoms with Crippen molar-refractivity contribution in [2.45, 2.75) is 19.0 Å². The van der Waals surface area contributed by atoms with Crippen molar-refractivity contribution in [3.8, 4) is 0 Å². The molecule has 0 fully saturated rings. The lowest BCUT2D eigenvalue weighted by atomic mass is 9.95. The monoisotopic (exact) mass is 258 g/mol. The van der Waals surface area contributed by atoms with Gasteiger partial charge in [-0.2, -0.15) is 4.80 Å². The molecule has 2 N–H and O–H groups in total. The number of nitrogens with one attached hydrogen (secondary N) is 2. The summed E-state index contributed by atoms with van der Waals surface area (Å²) >= 11 is 0. The highest BCUT2D eigenvalue weighted by Crippen LogP contribution is 2.16. The number of carbonyl (C=O) groups excluding carboxylic acids is 1. The zero-order valence-electron chi connectivity index (χ0n) is 10.5. The molecule has 2 aromatic rings. The van der Waals surface area contributed by atoms with Crippen LogP contribution in [-0.2, 0) is 24.8 Å². The van der Waals surface area contributed by atoms with E-state index < -0.39 is 0 Å². The van der Waals surface area contributed by atoms with Crippen molar-refractivity contribution < 1.29 is 4.79 Å². The zero-order chi connectivity index (χ0) is 13.2. The Morgan fingerprint density at radius 3 is 2.95 bits per heavy atom. The molecule has 0 unspecified atom stereocenters. The van der Waals surface area contributed by atoms with Gasteiger partial charge in [0.05, 0.1) is 13.1 Å². The van der Waals surface area contributed by atoms with Gasteiger partial charge in [-0.25, -0.2) is 0 Å². The fourth-order valence-corrected chi connectivity index (χ4v) is 2.17. The fourth-order valence-electron chi connectivity index (χ4n) is 2.17. The molecule has 0 bridgehead atoms. The van der Waals surface area contributed by atoms with E-state index in [1.165, 1.54) is 15.9 Å². The number of hydrogen-bond acceptors (Lipinski definition) is 5. The van der Waals surface area contributed by atoms with E-state index in [0.717, 1.165) is 0 Å². The van der Waals surface area contributed by atoms with Crippen LogP contribution in [0.15, 0.2) is 24.3 Å². The van der Waals surface area contributed by atoms with Crippen LogP contribution in [0.25, 0.3) is 0 Å². The average molecular weight is 258 g/mol. The molecule has 2 heterocycles. The largest absolute Gasteiger partial charge is 0.301 e. The van der Waals surface area contributed by atoms with E-state index in [1.807, 2.05) is 12.1 Å². The number of nitrogens with zero attached hydrogens (tertiary/aromatic N) is 4. The van der Waals surface area contributed by atoms with Crippen molar-refractivity contribution >= 4 is 11.9 Å². The Hall–Kier alpha value is -2.28. The highest BCUT2D eigenvalue weighted by Gasteiger charge is 2.24. The van der Waals surface area contributed by atoms with Crippen LogP contribution in [0.3, 0.4) is 0 Å². The molecule has 0 radical (unpaired) electrons. The van der Waals surface area contributed by atoms with Gasteiger partial charge in [-0.1, -0.05) is 29.4 Å². The Kier molecular flexibility index (Phi) is 2.96. The van der Waals surface area contributed by atoms with Gasteiger partial charge in [-0.05, 0) is 22.8 Å². The van der Waals surface area contributed by atoms with Crippen LogP contribution in [-0.4, -0.2) is 32.2 Å². The summed E-state index contributed by atoms with van der Waals surface area (Å²) in [6.45, 7) is 0.697. The lowest BCUT2D eigenvalue weighted by molar-refractivity contribution is -0.118. The number of aromatic nitrogens is 4. The van der Waals surface area contributed by atoms with Gasteiger partial charge < -0.3 is 5.32 Å². The molecule has 1 aliphatic rings. The summed E-state index contributed by atoms with van der Waals surface area (Å²) in [5.41, 5.74) is 2.44. The lowest BCUT2D eigenvalue weighted by Crippen LogP contribution is -2.44. The molecule has 0 spiro atoms. The highest BCUT2D eigenvalue weighted by atomic mass is 16.2. The highest BCUT2D eigenvalue weighted by molar-refractivity contribution is 5.93. The van der Waals surface area contributed by atoms with E-state index in [2.05, 4.69) is 38.2 Å². The van der Waals surface area contributed by atoms with Crippen molar-refractivity contribution in [3.63, 3.8) is 0 Å². The van der Waals surface area contributed by atoms with Crippen LogP contribution in [0, 0.1) is 0 Å². The molecule has 1 atom stereocenters. The average Bonchev–Trinajstić information content (AvgIpc) is 2.83. The van der Waals surface area contributed by atoms with Crippen LogP contribution in [0.5, 0.6) is 0 Å². The van der Waals surface area contributed by atoms with Gasteiger partial charge in [-0.3, -0.25) is 10.1 Å². The first-order valence-corrected chi connectivity index (χ1v) is 6.07. The van der Waals surface area contributed by atoms with Gasteiger partial charge in [0.25, 0.3) is 5.95 Å². The zero-order valence-corrected chi connectivity index (χ0v) is 10.5. The van der Waals surface area contributed by atoms with E-state index in [1.54, 1.807) is 7.05 Å². The first-order valence-electron chi connectivity index (χ1n) is 6.07. The minimum atomic E-state index is -0.265. The number of rotatable bonds is 2. The Balaban J connectivity index is 1.69. The summed E-state index contributed by atoms with van der Waals surface area (Å²) in [5.74, 6) is 0.0932. The van der Waals surface area contributed by atoms with Gasteiger partial charge >= 0.3 is 0 Å². The molecule has 0 saturated heterocycles. The third-order valence-electron chi connectivity index (χ3n) is 3.14. The van der Waals surface area contributed by atoms with Crippen molar-refractivity contribution in [2.24, 2.45) is 7.05 Å². The summed E-state index contributed by atoms with van der Waals surface area (Å²) in [7, 11) is 1.65. The second kappa shape index (κ2) is 4.77. The first-order chi connectivity index (χ1) is 9.22. The maximum absolute atomic E-state index is 12.1. The minimum Gasteiger partial charge on any atom is -0.301 e. The fraction of sp³-hybridized carbons (Fsp3) is 0.333. The van der Waals surface area contributed by atoms with E-state index in [9.17, 15) is 4.79 Å². The number of fused-ring (bicyclic) bond motifs is 1. The molecule has 1 aromatic carbocycles. The van der Waals surface area contributed by atoms with Gasteiger partial charge in [-0.15, -0.1) is 5.10 Å². The Bertz CT molecular complexity index is 608. The topological polar surface area (TPSA) is 84.7 Å². The molecule has 1 aromatic heterocycles. The Morgan fingerprint density at radius 1 is 1.42 bits per heavy atom. The number of carbonyl (C=O) groups is 1. The van der Waals surface area contributed by atoms with Crippen LogP contribution in [0.4, 0.5) is 5.95 Å². The SMILES string of the molecule is Cn1nnc(NC(=O)[C@H]2Cc3ccccc3CN2)n1. The van der Waals surface area contributed by atoms with Crippen molar-refractivity contribution in [3.05, 3.63) is 35.4 Å². The second-order valence-corrected chi connectivity index (χ2v) is 4.50. The smallest absolute Gasteiger partial charge is 0.270 e. The van der Waals surface area contributed by atoms with E-state index in [4.69, 9.17) is 0 Å². The van der Waals surface area contributed by atoms with Crippen LogP contribution < -0.4 is 10.6 Å². The Labute approximate surface area is 110 Å². The normalized spacial score (nSPS) is 17.8. The maximum Gasteiger partial charge on any atom is 0.270 e. The van der Waals surface area contributed by atoms with Gasteiger partial charge in [0, 0.05) is 6.54 Å². The first kappa shape index (κ1) is 11.8. The number of hydrogen-bond donors (Lipinski definition) is 2. The van der Waals surface area contributed by atoms with Crippen LogP contribution in [0.1, 0.15) is 11.1 Å². The minimum absolute atomic E-state index is 0.137. The lowest BCUT2D eigenvalue weighted by Gasteiger charge is -2.24. The summed E-state index contributed by atoms with van der Waals surface area (Å²) < 4.78 is 0. The number of benzene rings is 1. The number of tetrazole rings is 1. The van der Waals surface area contributed by atoms with Crippen LogP contribution >= 0.6 is 0 Å². The molecule has 0 saturated carbocycles.